The topological polar surface area (TPSA) is 53.5 Å². The number of benzene rings is 2. The van der Waals surface area contributed by atoms with Gasteiger partial charge in [-0.25, -0.2) is 4.98 Å². The van der Waals surface area contributed by atoms with Crippen LogP contribution in [0.1, 0.15) is 12.0 Å². The monoisotopic (exact) mass is 379 g/mol. The Kier molecular flexibility index (Phi) is 4.90. The van der Waals surface area contributed by atoms with E-state index in [9.17, 15) is 9.59 Å². The Morgan fingerprint density at radius 3 is 2.70 bits per heavy atom. The van der Waals surface area contributed by atoms with Crippen LogP contribution in [-0.2, 0) is 16.0 Å². The highest BCUT2D eigenvalue weighted by Gasteiger charge is 2.36. The van der Waals surface area contributed by atoms with Crippen LogP contribution >= 0.6 is 11.3 Å². The van der Waals surface area contributed by atoms with Gasteiger partial charge < -0.3 is 4.90 Å². The Morgan fingerprint density at radius 2 is 1.93 bits per heavy atom. The SMILES string of the molecule is CN(C(=O)C1CC(=O)N(CCc2ccccc2)C1)c1nc2ccccc2s1. The van der Waals surface area contributed by atoms with Gasteiger partial charge in [0.05, 0.1) is 16.1 Å². The molecule has 27 heavy (non-hydrogen) atoms. The van der Waals surface area contributed by atoms with Gasteiger partial charge in [-0.3, -0.25) is 14.5 Å². The van der Waals surface area contributed by atoms with Gasteiger partial charge in [-0.05, 0) is 24.1 Å². The number of anilines is 1. The Bertz CT molecular complexity index is 937. The summed E-state index contributed by atoms with van der Waals surface area (Å²) in [4.78, 5) is 33.2. The molecule has 2 aromatic carbocycles. The number of carbonyl (C=O) groups excluding carboxylic acids is 2. The van der Waals surface area contributed by atoms with Crippen LogP contribution in [0.2, 0.25) is 0 Å². The molecule has 1 aliphatic heterocycles. The van der Waals surface area contributed by atoms with Crippen LogP contribution in [0.5, 0.6) is 0 Å². The number of likely N-dealkylation sites (tertiary alicyclic amines) is 1. The van der Waals surface area contributed by atoms with Crippen LogP contribution in [-0.4, -0.2) is 41.8 Å². The number of thiazole rings is 1. The molecule has 0 spiro atoms. The predicted molar refractivity (Wildman–Crippen MR) is 108 cm³/mol. The molecule has 1 aromatic heterocycles. The summed E-state index contributed by atoms with van der Waals surface area (Å²) < 4.78 is 1.05. The number of carbonyl (C=O) groups is 2. The summed E-state index contributed by atoms with van der Waals surface area (Å²) in [6, 6.07) is 17.9. The molecule has 1 aliphatic rings. The standard InChI is InChI=1S/C21H21N3O2S/c1-23(21-22-17-9-5-6-10-18(17)27-21)20(26)16-13-19(25)24(14-16)12-11-15-7-3-2-4-8-15/h2-10,16H,11-14H2,1H3. The molecule has 6 heteroatoms. The number of hydrogen-bond donors (Lipinski definition) is 0. The third kappa shape index (κ3) is 3.71. The van der Waals surface area contributed by atoms with Crippen molar-refractivity contribution in [3.63, 3.8) is 0 Å². The van der Waals surface area contributed by atoms with Gasteiger partial charge in [-0.15, -0.1) is 0 Å². The van der Waals surface area contributed by atoms with Crippen LogP contribution in [0, 0.1) is 5.92 Å². The van der Waals surface area contributed by atoms with E-state index in [1.165, 1.54) is 16.9 Å². The molecule has 3 aromatic rings. The Labute approximate surface area is 162 Å². The van der Waals surface area contributed by atoms with Crippen molar-refractivity contribution >= 4 is 38.5 Å². The zero-order valence-corrected chi connectivity index (χ0v) is 16.0. The molecule has 1 fully saturated rings. The van der Waals surface area contributed by atoms with E-state index in [4.69, 9.17) is 0 Å². The second-order valence-electron chi connectivity index (χ2n) is 6.84. The summed E-state index contributed by atoms with van der Waals surface area (Å²) in [5.41, 5.74) is 2.09. The van der Waals surface area contributed by atoms with Crippen molar-refractivity contribution in [2.24, 2.45) is 5.92 Å². The highest BCUT2D eigenvalue weighted by molar-refractivity contribution is 7.22. The van der Waals surface area contributed by atoms with Crippen LogP contribution in [0.4, 0.5) is 5.13 Å². The number of nitrogens with zero attached hydrogens (tertiary/aromatic N) is 3. The fraction of sp³-hybridized carbons (Fsp3) is 0.286. The van der Waals surface area contributed by atoms with Gasteiger partial charge in [-0.2, -0.15) is 0 Å². The van der Waals surface area contributed by atoms with Crippen LogP contribution in [0.3, 0.4) is 0 Å². The molecule has 0 N–H and O–H groups in total. The maximum Gasteiger partial charge on any atom is 0.233 e. The number of amides is 2. The lowest BCUT2D eigenvalue weighted by Gasteiger charge is -2.19. The molecule has 0 saturated carbocycles. The highest BCUT2D eigenvalue weighted by Crippen LogP contribution is 2.30. The lowest BCUT2D eigenvalue weighted by molar-refractivity contribution is -0.128. The molecule has 1 saturated heterocycles. The minimum Gasteiger partial charge on any atom is -0.342 e. The third-order valence-corrected chi connectivity index (χ3v) is 6.09. The molecule has 0 radical (unpaired) electrons. The summed E-state index contributed by atoms with van der Waals surface area (Å²) in [6.07, 6.45) is 1.09. The van der Waals surface area contributed by atoms with E-state index in [0.717, 1.165) is 16.6 Å². The molecule has 0 aliphatic carbocycles. The number of para-hydroxylation sites is 1. The fourth-order valence-electron chi connectivity index (χ4n) is 3.43. The van der Waals surface area contributed by atoms with Crippen molar-refractivity contribution in [3.05, 3.63) is 60.2 Å². The van der Waals surface area contributed by atoms with E-state index in [-0.39, 0.29) is 24.2 Å². The van der Waals surface area contributed by atoms with Gasteiger partial charge in [0.15, 0.2) is 5.13 Å². The Hall–Kier alpha value is -2.73. The Balaban J connectivity index is 1.40. The number of rotatable bonds is 5. The summed E-state index contributed by atoms with van der Waals surface area (Å²) in [5.74, 6) is -0.281. The van der Waals surface area contributed by atoms with Gasteiger partial charge in [0.1, 0.15) is 0 Å². The minimum atomic E-state index is -0.301. The summed E-state index contributed by atoms with van der Waals surface area (Å²) in [6.45, 7) is 1.14. The first kappa shape index (κ1) is 17.7. The summed E-state index contributed by atoms with van der Waals surface area (Å²) in [5, 5.41) is 0.677. The molecule has 1 atom stereocenters. The second kappa shape index (κ2) is 7.48. The summed E-state index contributed by atoms with van der Waals surface area (Å²) in [7, 11) is 1.75. The van der Waals surface area contributed by atoms with Crippen molar-refractivity contribution in [3.8, 4) is 0 Å². The first-order valence-electron chi connectivity index (χ1n) is 9.06. The molecule has 4 rings (SSSR count). The molecule has 5 nitrogen and oxygen atoms in total. The largest absolute Gasteiger partial charge is 0.342 e. The maximum atomic E-state index is 12.9. The van der Waals surface area contributed by atoms with Gasteiger partial charge in [0, 0.05) is 26.6 Å². The van der Waals surface area contributed by atoms with Crippen molar-refractivity contribution in [1.29, 1.82) is 0 Å². The number of hydrogen-bond acceptors (Lipinski definition) is 4. The molecular weight excluding hydrogens is 358 g/mol. The molecule has 138 valence electrons. The van der Waals surface area contributed by atoms with Gasteiger partial charge in [0.25, 0.3) is 0 Å². The van der Waals surface area contributed by atoms with E-state index in [1.807, 2.05) is 47.4 Å². The normalized spacial score (nSPS) is 16.9. The highest BCUT2D eigenvalue weighted by atomic mass is 32.1. The van der Waals surface area contributed by atoms with E-state index in [2.05, 4.69) is 17.1 Å². The zero-order valence-electron chi connectivity index (χ0n) is 15.2. The van der Waals surface area contributed by atoms with E-state index < -0.39 is 0 Å². The minimum absolute atomic E-state index is 0.0374. The first-order valence-corrected chi connectivity index (χ1v) is 9.88. The lowest BCUT2D eigenvalue weighted by Crippen LogP contribution is -2.35. The zero-order chi connectivity index (χ0) is 18.8. The summed E-state index contributed by atoms with van der Waals surface area (Å²) >= 11 is 1.50. The van der Waals surface area contributed by atoms with Crippen LogP contribution in [0.25, 0.3) is 10.2 Å². The number of fused-ring (bicyclic) bond motifs is 1. The van der Waals surface area contributed by atoms with Crippen molar-refractivity contribution in [2.75, 3.05) is 25.0 Å². The average molecular weight is 379 g/mol. The second-order valence-corrected chi connectivity index (χ2v) is 7.85. The third-order valence-electron chi connectivity index (χ3n) is 4.98. The molecular formula is C21H21N3O2S. The van der Waals surface area contributed by atoms with Crippen molar-refractivity contribution in [2.45, 2.75) is 12.8 Å². The van der Waals surface area contributed by atoms with Gasteiger partial charge in [0.2, 0.25) is 11.8 Å². The molecule has 1 unspecified atom stereocenters. The van der Waals surface area contributed by atoms with Crippen molar-refractivity contribution < 1.29 is 9.59 Å². The fourth-order valence-corrected chi connectivity index (χ4v) is 4.37. The molecule has 0 bridgehead atoms. The van der Waals surface area contributed by atoms with E-state index in [0.29, 0.717) is 18.2 Å². The molecule has 2 amide bonds. The van der Waals surface area contributed by atoms with Crippen LogP contribution < -0.4 is 4.90 Å². The predicted octanol–water partition coefficient (Wildman–Crippen LogP) is 3.35. The van der Waals surface area contributed by atoms with Gasteiger partial charge in [-0.1, -0.05) is 53.8 Å². The van der Waals surface area contributed by atoms with Crippen LogP contribution in [0.15, 0.2) is 54.6 Å². The Morgan fingerprint density at radius 1 is 1.19 bits per heavy atom. The van der Waals surface area contributed by atoms with Gasteiger partial charge >= 0.3 is 0 Å². The first-order chi connectivity index (χ1) is 13.1. The maximum absolute atomic E-state index is 12.9. The lowest BCUT2D eigenvalue weighted by atomic mass is 10.1. The van der Waals surface area contributed by atoms with E-state index >= 15 is 0 Å². The average Bonchev–Trinajstić information content (AvgIpc) is 3.29. The number of aromatic nitrogens is 1. The smallest absolute Gasteiger partial charge is 0.233 e. The van der Waals surface area contributed by atoms with E-state index in [1.54, 1.807) is 11.9 Å². The quantitative estimate of drug-likeness (QED) is 0.683. The molecule has 2 heterocycles. The van der Waals surface area contributed by atoms with Crippen molar-refractivity contribution in [1.82, 2.24) is 9.88 Å².